The molecule has 2 aromatic rings. The molecule has 47 heavy (non-hydrogen) atoms. The van der Waals surface area contributed by atoms with E-state index in [4.69, 9.17) is 0 Å². The molecule has 3 rings (SSSR count). The number of benzene rings is 1. The third kappa shape index (κ3) is 10.7. The van der Waals surface area contributed by atoms with Crippen LogP contribution in [0.5, 0.6) is 0 Å². The standard InChI is InChI=1S/C35H51N5O6S/c1-21(2)28(40(7)34(44)30(22(3)4)38-32(43)27-15-11-12-16-39(27)6)19-29(41)33-37-26(20-47-33)31(42)36-25(17-23(5)35(45)46)18-24-13-9-8-10-14-24/h8-10,13-14,20-23,25,27-28,30H,11-12,15-19H2,1-7H3,(H,36,42)(H,38,43)(H,45,46)/t23-,25+,27+,28?,30-/m0/s1. The zero-order chi connectivity index (χ0) is 34.8. The monoisotopic (exact) mass is 669 g/mol. The summed E-state index contributed by atoms with van der Waals surface area (Å²) in [6.07, 6.45) is 3.46. The number of nitrogens with zero attached hydrogens (tertiary/aromatic N) is 3. The zero-order valence-corrected chi connectivity index (χ0v) is 29.5. The minimum Gasteiger partial charge on any atom is -0.481 e. The second-order valence-electron chi connectivity index (χ2n) is 13.5. The van der Waals surface area contributed by atoms with E-state index in [1.54, 1.807) is 18.9 Å². The molecule has 1 aliphatic heterocycles. The van der Waals surface area contributed by atoms with Crippen molar-refractivity contribution in [3.8, 4) is 0 Å². The number of hydrogen-bond donors (Lipinski definition) is 3. The number of piperidine rings is 1. The van der Waals surface area contributed by atoms with Gasteiger partial charge in [-0.3, -0.25) is 28.9 Å². The first-order valence-electron chi connectivity index (χ1n) is 16.5. The topological polar surface area (TPSA) is 149 Å². The van der Waals surface area contributed by atoms with Gasteiger partial charge in [0, 0.05) is 30.9 Å². The Morgan fingerprint density at radius 3 is 2.30 bits per heavy atom. The van der Waals surface area contributed by atoms with Gasteiger partial charge in [0.05, 0.1) is 12.0 Å². The predicted molar refractivity (Wildman–Crippen MR) is 182 cm³/mol. The molecule has 0 radical (unpaired) electrons. The van der Waals surface area contributed by atoms with E-state index in [0.29, 0.717) is 6.42 Å². The van der Waals surface area contributed by atoms with Crippen molar-refractivity contribution in [2.45, 2.75) is 97.3 Å². The van der Waals surface area contributed by atoms with Crippen LogP contribution >= 0.6 is 11.3 Å². The van der Waals surface area contributed by atoms with Gasteiger partial charge >= 0.3 is 5.97 Å². The number of Topliss-reactive ketones (excluding diaryl/α,β-unsaturated/α-hetero) is 1. The van der Waals surface area contributed by atoms with Crippen LogP contribution < -0.4 is 10.6 Å². The number of nitrogens with one attached hydrogen (secondary N) is 2. The lowest BCUT2D eigenvalue weighted by molar-refractivity contribution is -0.141. The number of hydrogen-bond acceptors (Lipinski definition) is 8. The van der Waals surface area contributed by atoms with Gasteiger partial charge < -0.3 is 20.6 Å². The van der Waals surface area contributed by atoms with Crippen molar-refractivity contribution in [2.24, 2.45) is 17.8 Å². The van der Waals surface area contributed by atoms with Gasteiger partial charge in [0.2, 0.25) is 11.8 Å². The summed E-state index contributed by atoms with van der Waals surface area (Å²) in [5.74, 6) is -3.01. The molecule has 0 saturated carbocycles. The third-order valence-electron chi connectivity index (χ3n) is 9.01. The number of thiazole rings is 1. The molecule has 1 saturated heterocycles. The Labute approximate surface area is 282 Å². The summed E-state index contributed by atoms with van der Waals surface area (Å²) < 4.78 is 0. The molecule has 5 atom stereocenters. The van der Waals surface area contributed by atoms with E-state index >= 15 is 0 Å². The number of likely N-dealkylation sites (N-methyl/N-ethyl adjacent to an activating group) is 2. The van der Waals surface area contributed by atoms with E-state index in [0.717, 1.165) is 42.7 Å². The minimum atomic E-state index is -0.944. The number of amides is 3. The normalized spacial score (nSPS) is 17.9. The molecule has 1 aliphatic rings. The number of aromatic nitrogens is 1. The van der Waals surface area contributed by atoms with Crippen molar-refractivity contribution in [1.82, 2.24) is 25.4 Å². The van der Waals surface area contributed by atoms with E-state index < -0.39 is 35.9 Å². The maximum atomic E-state index is 13.8. The van der Waals surface area contributed by atoms with Gasteiger partial charge in [-0.05, 0) is 56.7 Å². The fraction of sp³-hybridized carbons (Fsp3) is 0.600. The fourth-order valence-electron chi connectivity index (χ4n) is 6.03. The van der Waals surface area contributed by atoms with E-state index in [2.05, 4.69) is 15.6 Å². The lowest BCUT2D eigenvalue weighted by atomic mass is 9.94. The molecule has 3 amide bonds. The van der Waals surface area contributed by atoms with Crippen LogP contribution in [0.15, 0.2) is 35.7 Å². The highest BCUT2D eigenvalue weighted by Gasteiger charge is 2.36. The highest BCUT2D eigenvalue weighted by atomic mass is 32.1. The number of carbonyl (C=O) groups excluding carboxylic acids is 4. The van der Waals surface area contributed by atoms with Crippen molar-refractivity contribution < 1.29 is 29.1 Å². The molecule has 12 heteroatoms. The smallest absolute Gasteiger partial charge is 0.306 e. The summed E-state index contributed by atoms with van der Waals surface area (Å²) in [7, 11) is 3.60. The van der Waals surface area contributed by atoms with E-state index in [1.807, 2.05) is 70.0 Å². The lowest BCUT2D eigenvalue weighted by Gasteiger charge is -2.36. The Bertz CT molecular complexity index is 1380. The van der Waals surface area contributed by atoms with Gasteiger partial charge in [-0.15, -0.1) is 11.3 Å². The Morgan fingerprint density at radius 2 is 1.70 bits per heavy atom. The van der Waals surface area contributed by atoms with E-state index in [1.165, 1.54) is 5.38 Å². The Hall–Kier alpha value is -3.64. The van der Waals surface area contributed by atoms with Crippen LogP contribution in [0, 0.1) is 17.8 Å². The number of carboxylic acids is 1. The van der Waals surface area contributed by atoms with Crippen LogP contribution in [-0.2, 0) is 20.8 Å². The summed E-state index contributed by atoms with van der Waals surface area (Å²) in [4.78, 5) is 73.1. The highest BCUT2D eigenvalue weighted by molar-refractivity contribution is 7.11. The van der Waals surface area contributed by atoms with Crippen LogP contribution in [0.25, 0.3) is 0 Å². The quantitative estimate of drug-likeness (QED) is 0.225. The minimum absolute atomic E-state index is 0.00532. The maximum Gasteiger partial charge on any atom is 0.306 e. The average molecular weight is 670 g/mol. The largest absolute Gasteiger partial charge is 0.481 e. The SMILES string of the molecule is CC(C)C(CC(=O)c1nc(C(=O)N[C@@H](Cc2ccccc2)C[C@H](C)C(=O)O)cs1)N(C)C(=O)[C@@H](NC(=O)[C@H]1CCCCN1C)C(C)C. The average Bonchev–Trinajstić information content (AvgIpc) is 3.53. The lowest BCUT2D eigenvalue weighted by Crippen LogP contribution is -2.57. The Morgan fingerprint density at radius 1 is 1.02 bits per heavy atom. The maximum absolute atomic E-state index is 13.8. The first kappa shape index (κ1) is 37.8. The van der Waals surface area contributed by atoms with Gasteiger partial charge in [-0.1, -0.05) is 71.4 Å². The molecule has 1 aromatic heterocycles. The summed E-state index contributed by atoms with van der Waals surface area (Å²) in [5, 5.41) is 17.0. The third-order valence-corrected chi connectivity index (χ3v) is 9.89. The molecular formula is C35H51N5O6S. The van der Waals surface area contributed by atoms with E-state index in [9.17, 15) is 29.1 Å². The second kappa shape index (κ2) is 17.5. The van der Waals surface area contributed by atoms with Crippen LogP contribution in [0.3, 0.4) is 0 Å². The number of likely N-dealkylation sites (tertiary alicyclic amines) is 1. The number of aliphatic carboxylic acids is 1. The second-order valence-corrected chi connectivity index (χ2v) is 14.3. The van der Waals surface area contributed by atoms with Crippen molar-refractivity contribution in [3.05, 3.63) is 52.0 Å². The van der Waals surface area contributed by atoms with Crippen molar-refractivity contribution in [1.29, 1.82) is 0 Å². The van der Waals surface area contributed by atoms with Crippen LogP contribution in [0.1, 0.15) is 92.6 Å². The first-order chi connectivity index (χ1) is 22.2. The van der Waals surface area contributed by atoms with Gasteiger partial charge in [-0.2, -0.15) is 0 Å². The molecule has 0 aliphatic carbocycles. The fourth-order valence-corrected chi connectivity index (χ4v) is 6.78. The van der Waals surface area contributed by atoms with E-state index in [-0.39, 0.29) is 59.0 Å². The molecule has 0 spiro atoms. The zero-order valence-electron chi connectivity index (χ0n) is 28.7. The predicted octanol–water partition coefficient (Wildman–Crippen LogP) is 4.28. The molecule has 1 unspecified atom stereocenters. The van der Waals surface area contributed by atoms with Crippen LogP contribution in [0.2, 0.25) is 0 Å². The summed E-state index contributed by atoms with van der Waals surface area (Å²) in [5.41, 5.74) is 1.05. The number of ketones is 1. The van der Waals surface area contributed by atoms with Crippen LogP contribution in [-0.4, -0.2) is 94.2 Å². The van der Waals surface area contributed by atoms with Gasteiger partial charge in [0.25, 0.3) is 5.91 Å². The first-order valence-corrected chi connectivity index (χ1v) is 17.4. The van der Waals surface area contributed by atoms with Gasteiger partial charge in [-0.25, -0.2) is 4.98 Å². The molecule has 1 aromatic carbocycles. The van der Waals surface area contributed by atoms with Gasteiger partial charge in [0.1, 0.15) is 11.7 Å². The summed E-state index contributed by atoms with van der Waals surface area (Å²) in [6.45, 7) is 10.1. The molecule has 11 nitrogen and oxygen atoms in total. The Kier molecular flexibility index (Phi) is 14.1. The Balaban J connectivity index is 1.69. The van der Waals surface area contributed by atoms with Crippen molar-refractivity contribution in [2.75, 3.05) is 20.6 Å². The number of rotatable bonds is 16. The molecule has 0 bridgehead atoms. The molecule has 2 heterocycles. The van der Waals surface area contributed by atoms with Crippen molar-refractivity contribution in [3.63, 3.8) is 0 Å². The molecule has 3 N–H and O–H groups in total. The van der Waals surface area contributed by atoms with Crippen molar-refractivity contribution >= 4 is 40.8 Å². The van der Waals surface area contributed by atoms with Crippen LogP contribution in [0.4, 0.5) is 0 Å². The number of carboxylic acid groups (broad SMARTS) is 1. The summed E-state index contributed by atoms with van der Waals surface area (Å²) >= 11 is 1.06. The highest BCUT2D eigenvalue weighted by Crippen LogP contribution is 2.22. The molecular weight excluding hydrogens is 618 g/mol. The molecule has 1 fully saturated rings. The van der Waals surface area contributed by atoms with Gasteiger partial charge in [0.15, 0.2) is 10.8 Å². The summed E-state index contributed by atoms with van der Waals surface area (Å²) in [6, 6.07) is 7.59. The molecule has 258 valence electrons. The number of carbonyl (C=O) groups is 5.